The van der Waals surface area contributed by atoms with Crippen LogP contribution in [0.4, 0.5) is 5.69 Å². The summed E-state index contributed by atoms with van der Waals surface area (Å²) < 4.78 is 0. The fraction of sp³-hybridized carbons (Fsp3) is 0.133. The molecule has 0 aliphatic carbocycles. The topological polar surface area (TPSA) is 55.1 Å². The van der Waals surface area contributed by atoms with Crippen molar-refractivity contribution >= 4 is 35.0 Å². The number of rotatable bonds is 4. The van der Waals surface area contributed by atoms with Crippen molar-refractivity contribution in [1.82, 2.24) is 0 Å². The number of hydrogen-bond acceptors (Lipinski definition) is 3. The van der Waals surface area contributed by atoms with E-state index in [0.29, 0.717) is 0 Å². The molecule has 104 valence electrons. The van der Waals surface area contributed by atoms with Gasteiger partial charge in [0, 0.05) is 20.5 Å². The summed E-state index contributed by atoms with van der Waals surface area (Å²) in [6, 6.07) is 14.8. The van der Waals surface area contributed by atoms with Gasteiger partial charge in [-0.1, -0.05) is 23.4 Å². The molecular weight excluding hydrogens is 292 g/mol. The van der Waals surface area contributed by atoms with Gasteiger partial charge in [0.15, 0.2) is 0 Å². The summed E-state index contributed by atoms with van der Waals surface area (Å²) in [6.07, 6.45) is 0. The third kappa shape index (κ3) is 4.27. The summed E-state index contributed by atoms with van der Waals surface area (Å²) in [5.41, 5.74) is 6.24. The van der Waals surface area contributed by atoms with Crippen molar-refractivity contribution in [3.63, 3.8) is 0 Å². The van der Waals surface area contributed by atoms with Crippen LogP contribution in [0.2, 0.25) is 5.02 Å². The van der Waals surface area contributed by atoms with Crippen LogP contribution in [0.5, 0.6) is 0 Å². The fourth-order valence-corrected chi connectivity index (χ4v) is 2.44. The zero-order chi connectivity index (χ0) is 14.5. The van der Waals surface area contributed by atoms with Crippen LogP contribution in [0.1, 0.15) is 6.92 Å². The first-order chi connectivity index (χ1) is 9.54. The van der Waals surface area contributed by atoms with Crippen LogP contribution >= 0.6 is 23.4 Å². The molecule has 0 radical (unpaired) electrons. The number of halogens is 1. The molecule has 20 heavy (non-hydrogen) atoms. The van der Waals surface area contributed by atoms with Gasteiger partial charge in [-0.25, -0.2) is 0 Å². The number of benzene rings is 2. The van der Waals surface area contributed by atoms with E-state index in [9.17, 15) is 4.79 Å². The van der Waals surface area contributed by atoms with E-state index in [1.807, 2.05) is 48.5 Å². The molecule has 1 unspecified atom stereocenters. The number of nitrogens with one attached hydrogen (secondary N) is 1. The lowest BCUT2D eigenvalue weighted by Gasteiger charge is -2.08. The normalized spacial score (nSPS) is 11.9. The minimum atomic E-state index is -0.516. The third-order valence-corrected chi connectivity index (χ3v) is 3.85. The Morgan fingerprint density at radius 2 is 1.60 bits per heavy atom. The Hall–Kier alpha value is -1.49. The highest BCUT2D eigenvalue weighted by molar-refractivity contribution is 7.99. The number of hydrogen-bond donors (Lipinski definition) is 2. The highest BCUT2D eigenvalue weighted by Gasteiger charge is 2.07. The third-order valence-electron chi connectivity index (χ3n) is 2.58. The monoisotopic (exact) mass is 306 g/mol. The molecule has 0 aliphatic heterocycles. The first kappa shape index (κ1) is 14.9. The van der Waals surface area contributed by atoms with Crippen molar-refractivity contribution in [1.29, 1.82) is 0 Å². The number of nitrogens with two attached hydrogens (primary N) is 1. The van der Waals surface area contributed by atoms with E-state index in [4.69, 9.17) is 17.3 Å². The Balaban J connectivity index is 2.01. The van der Waals surface area contributed by atoms with Gasteiger partial charge < -0.3 is 11.1 Å². The summed E-state index contributed by atoms with van der Waals surface area (Å²) in [6.45, 7) is 1.65. The van der Waals surface area contributed by atoms with Gasteiger partial charge in [0.25, 0.3) is 0 Å². The number of carbonyl (C=O) groups excluding carboxylic acids is 1. The standard InChI is InChI=1S/C15H15ClN2OS/c1-10(17)15(19)18-12-4-8-14(9-5-12)20-13-6-2-11(16)3-7-13/h2-10H,17H2,1H3,(H,18,19). The zero-order valence-electron chi connectivity index (χ0n) is 11.0. The van der Waals surface area contributed by atoms with Gasteiger partial charge in [0.05, 0.1) is 6.04 Å². The molecule has 2 rings (SSSR count). The van der Waals surface area contributed by atoms with Gasteiger partial charge in [-0.15, -0.1) is 0 Å². The van der Waals surface area contributed by atoms with Crippen molar-refractivity contribution < 1.29 is 4.79 Å². The molecular formula is C15H15ClN2OS. The van der Waals surface area contributed by atoms with Crippen molar-refractivity contribution in [2.45, 2.75) is 22.8 Å². The van der Waals surface area contributed by atoms with Gasteiger partial charge in [0.2, 0.25) is 5.91 Å². The summed E-state index contributed by atoms with van der Waals surface area (Å²) in [7, 11) is 0. The number of amides is 1. The molecule has 0 aliphatic rings. The Morgan fingerprint density at radius 3 is 2.10 bits per heavy atom. The molecule has 3 nitrogen and oxygen atoms in total. The van der Waals surface area contributed by atoms with Crippen molar-refractivity contribution in [3.8, 4) is 0 Å². The van der Waals surface area contributed by atoms with E-state index < -0.39 is 6.04 Å². The van der Waals surface area contributed by atoms with Crippen molar-refractivity contribution in [2.75, 3.05) is 5.32 Å². The molecule has 0 saturated carbocycles. The molecule has 0 saturated heterocycles. The minimum absolute atomic E-state index is 0.192. The molecule has 5 heteroatoms. The average Bonchev–Trinajstić information content (AvgIpc) is 2.43. The first-order valence-electron chi connectivity index (χ1n) is 6.14. The molecule has 2 aromatic rings. The van der Waals surface area contributed by atoms with Crippen molar-refractivity contribution in [2.24, 2.45) is 5.73 Å². The number of anilines is 1. The summed E-state index contributed by atoms with van der Waals surface area (Å²) in [5, 5.41) is 3.47. The van der Waals surface area contributed by atoms with Crippen LogP contribution in [-0.4, -0.2) is 11.9 Å². The summed E-state index contributed by atoms with van der Waals surface area (Å²) >= 11 is 7.48. The highest BCUT2D eigenvalue weighted by Crippen LogP contribution is 2.29. The van der Waals surface area contributed by atoms with Crippen LogP contribution in [0.25, 0.3) is 0 Å². The van der Waals surface area contributed by atoms with E-state index in [1.54, 1.807) is 18.7 Å². The van der Waals surface area contributed by atoms with Gasteiger partial charge in [0.1, 0.15) is 0 Å². The van der Waals surface area contributed by atoms with Crippen LogP contribution in [0, 0.1) is 0 Å². The molecule has 1 atom stereocenters. The highest BCUT2D eigenvalue weighted by atomic mass is 35.5. The molecule has 1 amide bonds. The summed E-state index contributed by atoms with van der Waals surface area (Å²) in [5.74, 6) is -0.192. The van der Waals surface area contributed by atoms with E-state index in [-0.39, 0.29) is 5.91 Å². The largest absolute Gasteiger partial charge is 0.325 e. The lowest BCUT2D eigenvalue weighted by Crippen LogP contribution is -2.32. The quantitative estimate of drug-likeness (QED) is 0.904. The second-order valence-electron chi connectivity index (χ2n) is 4.36. The molecule has 0 spiro atoms. The smallest absolute Gasteiger partial charge is 0.240 e. The second kappa shape index (κ2) is 6.79. The van der Waals surface area contributed by atoms with Gasteiger partial charge >= 0.3 is 0 Å². The molecule has 2 aromatic carbocycles. The maximum absolute atomic E-state index is 11.5. The molecule has 3 N–H and O–H groups in total. The molecule has 0 heterocycles. The van der Waals surface area contributed by atoms with Gasteiger partial charge in [-0.3, -0.25) is 4.79 Å². The fourth-order valence-electron chi connectivity index (χ4n) is 1.50. The SMILES string of the molecule is CC(N)C(=O)Nc1ccc(Sc2ccc(Cl)cc2)cc1. The van der Waals surface area contributed by atoms with E-state index >= 15 is 0 Å². The average molecular weight is 307 g/mol. The van der Waals surface area contributed by atoms with Crippen molar-refractivity contribution in [3.05, 3.63) is 53.6 Å². The first-order valence-corrected chi connectivity index (χ1v) is 7.34. The Morgan fingerprint density at radius 1 is 1.10 bits per heavy atom. The Labute approximate surface area is 127 Å². The minimum Gasteiger partial charge on any atom is -0.325 e. The lowest BCUT2D eigenvalue weighted by molar-refractivity contribution is -0.117. The van der Waals surface area contributed by atoms with Crippen LogP contribution < -0.4 is 11.1 Å². The lowest BCUT2D eigenvalue weighted by atomic mass is 10.3. The van der Waals surface area contributed by atoms with Crippen LogP contribution in [0.3, 0.4) is 0 Å². The predicted octanol–water partition coefficient (Wildman–Crippen LogP) is 3.78. The molecule has 0 aromatic heterocycles. The van der Waals surface area contributed by atoms with Crippen LogP contribution in [0.15, 0.2) is 58.3 Å². The van der Waals surface area contributed by atoms with Crippen LogP contribution in [-0.2, 0) is 4.79 Å². The molecule has 0 bridgehead atoms. The predicted molar refractivity (Wildman–Crippen MR) is 84.3 cm³/mol. The summed E-state index contributed by atoms with van der Waals surface area (Å²) in [4.78, 5) is 13.7. The maximum Gasteiger partial charge on any atom is 0.240 e. The Bertz CT molecular complexity index is 582. The van der Waals surface area contributed by atoms with E-state index in [1.165, 1.54) is 0 Å². The Kier molecular flexibility index (Phi) is 5.06. The molecule has 0 fully saturated rings. The van der Waals surface area contributed by atoms with Gasteiger partial charge in [-0.05, 0) is 55.5 Å². The van der Waals surface area contributed by atoms with E-state index in [0.717, 1.165) is 20.5 Å². The zero-order valence-corrected chi connectivity index (χ0v) is 12.5. The second-order valence-corrected chi connectivity index (χ2v) is 5.94. The van der Waals surface area contributed by atoms with E-state index in [2.05, 4.69) is 5.32 Å². The van der Waals surface area contributed by atoms with Gasteiger partial charge in [-0.2, -0.15) is 0 Å². The maximum atomic E-state index is 11.5. The number of carbonyl (C=O) groups is 1.